The van der Waals surface area contributed by atoms with Gasteiger partial charge in [0.2, 0.25) is 0 Å². The Morgan fingerprint density at radius 1 is 1.00 bits per heavy atom. The molecule has 0 aliphatic carbocycles. The number of rotatable bonds is 1. The number of hydrogen-bond acceptors (Lipinski definition) is 3. The molecule has 2 amide bonds. The highest BCUT2D eigenvalue weighted by atomic mass is 16.2. The van der Waals surface area contributed by atoms with Crippen molar-refractivity contribution in [1.82, 2.24) is 10.2 Å². The van der Waals surface area contributed by atoms with Crippen molar-refractivity contribution in [2.45, 2.75) is 6.92 Å². The number of carbonyl (C=O) groups excluding carboxylic acids is 2. The number of H-pyrrole nitrogens is 1. The van der Waals surface area contributed by atoms with Crippen LogP contribution in [0.15, 0.2) is 42.5 Å². The third-order valence-electron chi connectivity index (χ3n) is 3.70. The van der Waals surface area contributed by atoms with E-state index in [9.17, 15) is 9.59 Å². The summed E-state index contributed by atoms with van der Waals surface area (Å²) in [5.74, 6) is -0.295. The van der Waals surface area contributed by atoms with Crippen molar-refractivity contribution in [2.24, 2.45) is 0 Å². The van der Waals surface area contributed by atoms with E-state index >= 15 is 0 Å². The average molecular weight is 277 g/mol. The quantitative estimate of drug-likeness (QED) is 0.695. The zero-order valence-corrected chi connectivity index (χ0v) is 11.3. The fraction of sp³-hybridized carbons (Fsp3) is 0.0625. The van der Waals surface area contributed by atoms with E-state index in [1.54, 1.807) is 24.3 Å². The second-order valence-electron chi connectivity index (χ2n) is 5.09. The minimum Gasteiger partial charge on any atom is -0.276 e. The summed E-state index contributed by atoms with van der Waals surface area (Å²) in [5.41, 5.74) is 2.69. The summed E-state index contributed by atoms with van der Waals surface area (Å²) in [7, 11) is 0. The number of imide groups is 1. The Bertz CT molecular complexity index is 876. The van der Waals surface area contributed by atoms with Crippen molar-refractivity contribution in [1.29, 1.82) is 0 Å². The summed E-state index contributed by atoms with van der Waals surface area (Å²) < 4.78 is 0. The largest absolute Gasteiger partial charge is 0.276 e. The highest BCUT2D eigenvalue weighted by molar-refractivity contribution is 6.35. The number of anilines is 1. The van der Waals surface area contributed by atoms with Gasteiger partial charge < -0.3 is 0 Å². The predicted octanol–water partition coefficient (Wildman–Crippen LogP) is 2.67. The molecule has 0 spiro atoms. The lowest BCUT2D eigenvalue weighted by atomic mass is 10.1. The zero-order chi connectivity index (χ0) is 14.6. The molecule has 0 fully saturated rings. The normalized spacial score (nSPS) is 14.0. The van der Waals surface area contributed by atoms with E-state index < -0.39 is 0 Å². The van der Waals surface area contributed by atoms with E-state index in [-0.39, 0.29) is 11.8 Å². The first-order chi connectivity index (χ1) is 10.2. The highest BCUT2D eigenvalue weighted by Gasteiger charge is 2.38. The number of nitrogens with zero attached hydrogens (tertiary/aromatic N) is 2. The van der Waals surface area contributed by atoms with Crippen LogP contribution in [0.5, 0.6) is 0 Å². The first-order valence-corrected chi connectivity index (χ1v) is 6.59. The Kier molecular flexibility index (Phi) is 2.27. The molecule has 0 bridgehead atoms. The summed E-state index contributed by atoms with van der Waals surface area (Å²) in [6.07, 6.45) is 0. The number of aromatic nitrogens is 2. The number of carbonyl (C=O) groups is 2. The van der Waals surface area contributed by atoms with Gasteiger partial charge in [0.05, 0.1) is 16.6 Å². The van der Waals surface area contributed by atoms with Crippen LogP contribution < -0.4 is 4.90 Å². The highest BCUT2D eigenvalue weighted by Crippen LogP contribution is 2.32. The number of aryl methyl sites for hydroxylation is 1. The van der Waals surface area contributed by atoms with Crippen molar-refractivity contribution >= 4 is 28.5 Å². The third-order valence-corrected chi connectivity index (χ3v) is 3.70. The van der Waals surface area contributed by atoms with Gasteiger partial charge in [-0.2, -0.15) is 5.10 Å². The molecule has 4 rings (SSSR count). The van der Waals surface area contributed by atoms with Crippen molar-refractivity contribution in [3.8, 4) is 0 Å². The van der Waals surface area contributed by atoms with Crippen LogP contribution in [-0.2, 0) is 0 Å². The summed E-state index contributed by atoms with van der Waals surface area (Å²) in [6.45, 7) is 1.96. The van der Waals surface area contributed by atoms with Gasteiger partial charge in [-0.3, -0.25) is 14.7 Å². The van der Waals surface area contributed by atoms with Crippen molar-refractivity contribution < 1.29 is 9.59 Å². The lowest BCUT2D eigenvalue weighted by Crippen LogP contribution is -2.29. The van der Waals surface area contributed by atoms with Crippen molar-refractivity contribution in [2.75, 3.05) is 4.90 Å². The van der Waals surface area contributed by atoms with Crippen LogP contribution in [0, 0.1) is 6.92 Å². The molecule has 1 aromatic heterocycles. The molecule has 5 nitrogen and oxygen atoms in total. The Morgan fingerprint density at radius 2 is 1.67 bits per heavy atom. The van der Waals surface area contributed by atoms with E-state index in [0.717, 1.165) is 21.4 Å². The van der Waals surface area contributed by atoms with Crippen LogP contribution in [0.2, 0.25) is 0 Å². The van der Waals surface area contributed by atoms with Gasteiger partial charge in [-0.15, -0.1) is 0 Å². The molecular formula is C16H11N3O2. The molecule has 0 unspecified atom stereocenters. The predicted molar refractivity (Wildman–Crippen MR) is 78.4 cm³/mol. The van der Waals surface area contributed by atoms with Gasteiger partial charge in [0, 0.05) is 5.39 Å². The Morgan fingerprint density at radius 3 is 2.33 bits per heavy atom. The van der Waals surface area contributed by atoms with Crippen LogP contribution in [0.1, 0.15) is 26.3 Å². The maximum absolute atomic E-state index is 12.5. The zero-order valence-electron chi connectivity index (χ0n) is 11.3. The van der Waals surface area contributed by atoms with E-state index in [4.69, 9.17) is 0 Å². The smallest absolute Gasteiger partial charge is 0.267 e. The first kappa shape index (κ1) is 11.8. The van der Waals surface area contributed by atoms with Gasteiger partial charge in [0.1, 0.15) is 0 Å². The number of hydrogen-bond donors (Lipinski definition) is 1. The molecule has 1 aliphatic rings. The molecule has 3 aromatic rings. The third kappa shape index (κ3) is 1.54. The van der Waals surface area contributed by atoms with Crippen LogP contribution in [0.3, 0.4) is 0 Å². The molecule has 1 N–H and O–H groups in total. The maximum Gasteiger partial charge on any atom is 0.267 e. The topological polar surface area (TPSA) is 66.1 Å². The van der Waals surface area contributed by atoms with Gasteiger partial charge >= 0.3 is 0 Å². The fourth-order valence-electron chi connectivity index (χ4n) is 2.67. The molecule has 21 heavy (non-hydrogen) atoms. The van der Waals surface area contributed by atoms with Crippen molar-refractivity contribution in [3.63, 3.8) is 0 Å². The molecule has 5 heteroatoms. The Balaban J connectivity index is 1.93. The minimum atomic E-state index is -0.328. The minimum absolute atomic E-state index is 0.328. The standard InChI is InChI=1S/C16H11N3O2/c1-9-6-7-13-12(8-9)14(18-17-13)19-15(20)10-4-2-3-5-11(10)16(19)21/h2-8H,1H3,(H,17,18). The molecule has 2 aromatic carbocycles. The van der Waals surface area contributed by atoms with Gasteiger partial charge in [0.25, 0.3) is 11.8 Å². The average Bonchev–Trinajstić information content (AvgIpc) is 3.00. The first-order valence-electron chi connectivity index (χ1n) is 6.59. The van der Waals surface area contributed by atoms with Gasteiger partial charge in [0.15, 0.2) is 5.82 Å². The Labute approximate surface area is 120 Å². The number of amides is 2. The lowest BCUT2D eigenvalue weighted by Gasteiger charge is -2.10. The monoisotopic (exact) mass is 277 g/mol. The van der Waals surface area contributed by atoms with Crippen LogP contribution in [0.4, 0.5) is 5.82 Å². The second-order valence-corrected chi connectivity index (χ2v) is 5.09. The molecule has 0 radical (unpaired) electrons. The SMILES string of the molecule is Cc1ccc2[nH]nc(N3C(=O)c4ccccc4C3=O)c2c1. The van der Waals surface area contributed by atoms with Crippen LogP contribution >= 0.6 is 0 Å². The molecule has 0 saturated carbocycles. The van der Waals surface area contributed by atoms with E-state index in [0.29, 0.717) is 16.9 Å². The van der Waals surface area contributed by atoms with Crippen molar-refractivity contribution in [3.05, 3.63) is 59.2 Å². The summed E-state index contributed by atoms with van der Waals surface area (Å²) in [4.78, 5) is 26.1. The number of nitrogens with one attached hydrogen (secondary N) is 1. The number of aromatic amines is 1. The summed E-state index contributed by atoms with van der Waals surface area (Å²) >= 11 is 0. The molecule has 1 aliphatic heterocycles. The van der Waals surface area contributed by atoms with Gasteiger partial charge in [-0.25, -0.2) is 4.90 Å². The number of benzene rings is 2. The molecule has 102 valence electrons. The fourth-order valence-corrected chi connectivity index (χ4v) is 2.67. The lowest BCUT2D eigenvalue weighted by molar-refractivity contribution is 0.0925. The van der Waals surface area contributed by atoms with Crippen LogP contribution in [-0.4, -0.2) is 22.0 Å². The Hall–Kier alpha value is -2.95. The molecule has 0 atom stereocenters. The summed E-state index contributed by atoms with van der Waals surface area (Å²) in [6, 6.07) is 12.6. The molecule has 0 saturated heterocycles. The molecule has 2 heterocycles. The van der Waals surface area contributed by atoms with E-state index in [2.05, 4.69) is 10.2 Å². The maximum atomic E-state index is 12.5. The molecular weight excluding hydrogens is 266 g/mol. The van der Waals surface area contributed by atoms with E-state index in [1.807, 2.05) is 25.1 Å². The summed E-state index contributed by atoms with van der Waals surface area (Å²) in [5, 5.41) is 7.79. The van der Waals surface area contributed by atoms with Gasteiger partial charge in [-0.1, -0.05) is 23.8 Å². The van der Waals surface area contributed by atoms with Gasteiger partial charge in [-0.05, 0) is 31.2 Å². The van der Waals surface area contributed by atoms with E-state index in [1.165, 1.54) is 0 Å². The number of fused-ring (bicyclic) bond motifs is 2. The second kappa shape index (κ2) is 4.02. The van der Waals surface area contributed by atoms with Crippen LogP contribution in [0.25, 0.3) is 10.9 Å².